The number of hydrogen-bond acceptors (Lipinski definition) is 7. The average molecular weight is 551 g/mol. The molecule has 4 heterocycles. The Hall–Kier alpha value is -4.12. The molecule has 39 heavy (non-hydrogen) atoms. The fraction of sp³-hybridized carbons (Fsp3) is 0.370. The van der Waals surface area contributed by atoms with Gasteiger partial charge >= 0.3 is 6.03 Å². The first kappa shape index (κ1) is 26.5. The molecule has 2 aromatic heterocycles. The second kappa shape index (κ2) is 10.6. The predicted molar refractivity (Wildman–Crippen MR) is 150 cm³/mol. The summed E-state index contributed by atoms with van der Waals surface area (Å²) in [7, 11) is 0. The largest absolute Gasteiger partial charge is 0.367 e. The Bertz CT molecular complexity index is 1470. The molecule has 1 aromatic carbocycles. The number of likely N-dealkylation sites (tertiary alicyclic amines) is 1. The summed E-state index contributed by atoms with van der Waals surface area (Å²) in [5, 5.41) is 16.6. The summed E-state index contributed by atoms with van der Waals surface area (Å²) in [4.78, 5) is 43.0. The highest BCUT2D eigenvalue weighted by atomic mass is 35.5. The van der Waals surface area contributed by atoms with E-state index in [1.54, 1.807) is 28.9 Å². The highest BCUT2D eigenvalue weighted by molar-refractivity contribution is 6.30. The van der Waals surface area contributed by atoms with Gasteiger partial charge in [-0.15, -0.1) is 0 Å². The van der Waals surface area contributed by atoms with Gasteiger partial charge in [0.25, 0.3) is 5.91 Å². The van der Waals surface area contributed by atoms with Crippen molar-refractivity contribution in [1.29, 1.82) is 0 Å². The van der Waals surface area contributed by atoms with Crippen molar-refractivity contribution in [2.24, 2.45) is 5.41 Å². The number of amides is 4. The van der Waals surface area contributed by atoms with Crippen molar-refractivity contribution in [3.05, 3.63) is 52.8 Å². The summed E-state index contributed by atoms with van der Waals surface area (Å²) >= 11 is 6.17. The molecule has 2 aliphatic rings. The fourth-order valence-corrected chi connectivity index (χ4v) is 4.84. The number of hydrogen-bond donors (Lipinski definition) is 4. The number of urea groups is 1. The zero-order valence-electron chi connectivity index (χ0n) is 22.0. The number of carbonyl (C=O) groups excluding carboxylic acids is 3. The minimum absolute atomic E-state index is 0.0453. The van der Waals surface area contributed by atoms with Crippen LogP contribution in [0.1, 0.15) is 45.6 Å². The van der Waals surface area contributed by atoms with Gasteiger partial charge in [-0.3, -0.25) is 14.9 Å². The summed E-state index contributed by atoms with van der Waals surface area (Å²) in [5.74, 6) is 0.922. The SMILES string of the molecule is CC(C)(C)CC(=O)N1CCC(Nc2cc(Nc3cccc(Cl)c3)nc3c(C=C4NC(=O)NC4=O)cnn23)CC1. The molecule has 4 amide bonds. The first-order valence-corrected chi connectivity index (χ1v) is 13.2. The number of piperidine rings is 1. The third-order valence-electron chi connectivity index (χ3n) is 6.50. The van der Waals surface area contributed by atoms with Crippen LogP contribution in [0.4, 0.5) is 22.1 Å². The first-order valence-electron chi connectivity index (χ1n) is 12.8. The van der Waals surface area contributed by atoms with Gasteiger partial charge in [-0.1, -0.05) is 38.4 Å². The van der Waals surface area contributed by atoms with Crippen LogP contribution in [0, 0.1) is 5.41 Å². The number of carbonyl (C=O) groups is 3. The van der Waals surface area contributed by atoms with E-state index in [1.807, 2.05) is 23.1 Å². The fourth-order valence-electron chi connectivity index (χ4n) is 4.65. The van der Waals surface area contributed by atoms with Crippen molar-refractivity contribution in [3.8, 4) is 0 Å². The molecule has 11 nitrogen and oxygen atoms in total. The van der Waals surface area contributed by atoms with Crippen LogP contribution in [0.2, 0.25) is 5.02 Å². The van der Waals surface area contributed by atoms with Crippen LogP contribution in [-0.2, 0) is 9.59 Å². The van der Waals surface area contributed by atoms with Gasteiger partial charge in [-0.05, 0) is 42.5 Å². The Balaban J connectivity index is 1.42. The third-order valence-corrected chi connectivity index (χ3v) is 6.73. The van der Waals surface area contributed by atoms with Crippen molar-refractivity contribution in [2.75, 3.05) is 23.7 Å². The lowest BCUT2D eigenvalue weighted by Crippen LogP contribution is -2.43. The normalized spacial score (nSPS) is 17.4. The van der Waals surface area contributed by atoms with Gasteiger partial charge < -0.3 is 20.9 Å². The molecular weight excluding hydrogens is 520 g/mol. The molecule has 0 aliphatic carbocycles. The maximum Gasteiger partial charge on any atom is 0.326 e. The van der Waals surface area contributed by atoms with Crippen molar-refractivity contribution in [1.82, 2.24) is 30.1 Å². The number of anilines is 3. The molecule has 2 fully saturated rings. The molecule has 2 saturated heterocycles. The minimum Gasteiger partial charge on any atom is -0.367 e. The second-order valence-electron chi connectivity index (χ2n) is 11.0. The zero-order valence-corrected chi connectivity index (χ0v) is 22.8. The quantitative estimate of drug-likeness (QED) is 0.268. The highest BCUT2D eigenvalue weighted by Gasteiger charge is 2.27. The Morgan fingerprint density at radius 1 is 1.18 bits per heavy atom. The van der Waals surface area contributed by atoms with Crippen molar-refractivity contribution in [2.45, 2.75) is 46.1 Å². The van der Waals surface area contributed by atoms with E-state index < -0.39 is 11.9 Å². The van der Waals surface area contributed by atoms with Crippen LogP contribution >= 0.6 is 11.6 Å². The number of aromatic nitrogens is 3. The van der Waals surface area contributed by atoms with Gasteiger partial charge in [0.05, 0.1) is 6.20 Å². The minimum atomic E-state index is -0.575. The summed E-state index contributed by atoms with van der Waals surface area (Å²) in [5.41, 5.74) is 1.88. The maximum atomic E-state index is 12.7. The molecule has 0 radical (unpaired) electrons. The second-order valence-corrected chi connectivity index (χ2v) is 11.4. The standard InChI is InChI=1S/C27H31ClN8O3/c1-27(2,3)14-23(37)35-9-7-18(8-10-35)31-22-13-21(30-19-6-4-5-17(28)12-19)33-24-16(15-29-36(22)24)11-20-25(38)34-26(39)32-20/h4-6,11-13,15,18,31H,7-10,14H2,1-3H3,(H,30,33)(H2,32,34,38,39). The van der Waals surface area contributed by atoms with Gasteiger partial charge in [0.2, 0.25) is 5.91 Å². The van der Waals surface area contributed by atoms with Gasteiger partial charge in [0, 0.05) is 47.9 Å². The molecule has 0 spiro atoms. The van der Waals surface area contributed by atoms with E-state index in [-0.39, 0.29) is 23.1 Å². The van der Waals surface area contributed by atoms with Gasteiger partial charge in [0.15, 0.2) is 5.65 Å². The molecule has 12 heteroatoms. The molecule has 0 atom stereocenters. The van der Waals surface area contributed by atoms with E-state index in [2.05, 4.69) is 47.1 Å². The van der Waals surface area contributed by atoms with Crippen molar-refractivity contribution in [3.63, 3.8) is 0 Å². The number of imide groups is 1. The number of nitrogens with one attached hydrogen (secondary N) is 4. The molecule has 0 saturated carbocycles. The Kier molecular flexibility index (Phi) is 7.17. The van der Waals surface area contributed by atoms with E-state index in [0.717, 1.165) is 18.5 Å². The Morgan fingerprint density at radius 3 is 2.62 bits per heavy atom. The highest BCUT2D eigenvalue weighted by Crippen LogP contribution is 2.27. The number of rotatable bonds is 6. The van der Waals surface area contributed by atoms with Crippen LogP contribution in [0.15, 0.2) is 42.2 Å². The first-order chi connectivity index (χ1) is 18.5. The molecule has 0 unspecified atom stereocenters. The van der Waals surface area contributed by atoms with Crippen LogP contribution in [0.3, 0.4) is 0 Å². The number of fused-ring (bicyclic) bond motifs is 1. The van der Waals surface area contributed by atoms with Crippen LogP contribution in [-0.4, -0.2) is 56.5 Å². The molecule has 0 bridgehead atoms. The number of benzene rings is 1. The monoisotopic (exact) mass is 550 g/mol. The summed E-state index contributed by atoms with van der Waals surface area (Å²) in [6, 6.07) is 8.71. The van der Waals surface area contributed by atoms with Crippen LogP contribution < -0.4 is 21.3 Å². The number of halogens is 1. The third kappa shape index (κ3) is 6.31. The molecule has 2 aliphatic heterocycles. The van der Waals surface area contributed by atoms with E-state index in [4.69, 9.17) is 16.6 Å². The summed E-state index contributed by atoms with van der Waals surface area (Å²) < 4.78 is 1.67. The van der Waals surface area contributed by atoms with Crippen molar-refractivity contribution >= 4 is 58.5 Å². The van der Waals surface area contributed by atoms with Gasteiger partial charge in [-0.2, -0.15) is 9.61 Å². The topological polar surface area (TPSA) is 133 Å². The van der Waals surface area contributed by atoms with E-state index >= 15 is 0 Å². The van der Waals surface area contributed by atoms with Gasteiger partial charge in [-0.25, -0.2) is 9.78 Å². The smallest absolute Gasteiger partial charge is 0.326 e. The average Bonchev–Trinajstić information content (AvgIpc) is 3.40. The summed E-state index contributed by atoms with van der Waals surface area (Å²) in [6.07, 6.45) is 5.25. The van der Waals surface area contributed by atoms with E-state index in [0.29, 0.717) is 47.4 Å². The number of nitrogens with zero attached hydrogens (tertiary/aromatic N) is 4. The molecule has 204 valence electrons. The van der Waals surface area contributed by atoms with E-state index in [1.165, 1.54) is 0 Å². The zero-order chi connectivity index (χ0) is 27.7. The van der Waals surface area contributed by atoms with Crippen molar-refractivity contribution < 1.29 is 14.4 Å². The molecule has 3 aromatic rings. The predicted octanol–water partition coefficient (Wildman–Crippen LogP) is 4.15. The van der Waals surface area contributed by atoms with E-state index in [9.17, 15) is 14.4 Å². The Morgan fingerprint density at radius 2 is 1.95 bits per heavy atom. The lowest BCUT2D eigenvalue weighted by Gasteiger charge is -2.34. The lowest BCUT2D eigenvalue weighted by atomic mass is 9.91. The lowest BCUT2D eigenvalue weighted by molar-refractivity contribution is -0.134. The van der Waals surface area contributed by atoms with Gasteiger partial charge in [0.1, 0.15) is 17.3 Å². The molecule has 4 N–H and O–H groups in total. The maximum absolute atomic E-state index is 12.7. The molecule has 5 rings (SSSR count). The summed E-state index contributed by atoms with van der Waals surface area (Å²) in [6.45, 7) is 7.58. The van der Waals surface area contributed by atoms with Crippen LogP contribution in [0.5, 0.6) is 0 Å². The Labute approximate surface area is 231 Å². The van der Waals surface area contributed by atoms with Crippen LogP contribution in [0.25, 0.3) is 11.7 Å². The molecular formula is C27H31ClN8O3.